The van der Waals surface area contributed by atoms with E-state index in [1.165, 1.54) is 5.52 Å². The van der Waals surface area contributed by atoms with Gasteiger partial charge < -0.3 is 0 Å². The zero-order valence-corrected chi connectivity index (χ0v) is 6.72. The van der Waals surface area contributed by atoms with E-state index in [-0.39, 0.29) is 0 Å². The van der Waals surface area contributed by atoms with Gasteiger partial charge in [-0.2, -0.15) is 0 Å². The van der Waals surface area contributed by atoms with Gasteiger partial charge in [0.05, 0.1) is 0 Å². The average molecular weight is 165 g/mol. The molecule has 0 aromatic rings. The van der Waals surface area contributed by atoms with Crippen LogP contribution in [0.2, 0.25) is 5.52 Å². The fraction of sp³-hybridized carbons (Fsp3) is 1.00. The van der Waals surface area contributed by atoms with Crippen molar-refractivity contribution in [3.63, 3.8) is 0 Å². The van der Waals surface area contributed by atoms with Crippen LogP contribution in [0.5, 0.6) is 0 Å². The van der Waals surface area contributed by atoms with Gasteiger partial charge in [0.1, 0.15) is 0 Å². The van der Waals surface area contributed by atoms with Crippen LogP contribution in [0.3, 0.4) is 0 Å². The Kier molecular flexibility index (Phi) is 2.76. The first-order chi connectivity index (χ1) is 3.06. The van der Waals surface area contributed by atoms with E-state index >= 15 is 0 Å². The minimum absolute atomic E-state index is 1.47. The van der Waals surface area contributed by atoms with Gasteiger partial charge in [0.25, 0.3) is 0 Å². The molecule has 0 unspecified atom stereocenters. The van der Waals surface area contributed by atoms with E-state index in [1.807, 2.05) is 0 Å². The van der Waals surface area contributed by atoms with Crippen molar-refractivity contribution in [1.29, 1.82) is 0 Å². The van der Waals surface area contributed by atoms with Crippen molar-refractivity contribution < 1.29 is 34.2 Å². The van der Waals surface area contributed by atoms with E-state index in [9.17, 15) is 13.2 Å². The van der Waals surface area contributed by atoms with Crippen molar-refractivity contribution in [3.05, 3.63) is 0 Å². The number of alkyl halides is 3. The summed E-state index contributed by atoms with van der Waals surface area (Å²) >= 11 is -1.66. The van der Waals surface area contributed by atoms with Crippen LogP contribution in [-0.4, -0.2) is 6.36 Å². The molecule has 7 heavy (non-hydrogen) atoms. The molecule has 0 heterocycles. The van der Waals surface area contributed by atoms with Crippen LogP contribution < -0.4 is 0 Å². The van der Waals surface area contributed by atoms with E-state index in [2.05, 4.69) is 3.56 Å². The molecule has 40 valence electrons. The summed E-state index contributed by atoms with van der Waals surface area (Å²) in [5.74, 6) is 0. The SMILES string of the molecule is [CH3][Zn][O]C(F)(F)F. The molecule has 0 aliphatic carbocycles. The molecule has 5 heteroatoms. The quantitative estimate of drug-likeness (QED) is 0.536. The fourth-order valence-electron chi connectivity index (χ4n) is 0.164. The Morgan fingerprint density at radius 1 is 1.43 bits per heavy atom. The summed E-state index contributed by atoms with van der Waals surface area (Å²) in [5.41, 5.74) is 1.47. The summed E-state index contributed by atoms with van der Waals surface area (Å²) in [5, 5.41) is 0. The summed E-state index contributed by atoms with van der Waals surface area (Å²) in [6.45, 7) is 0. The number of halogens is 3. The molecule has 0 radical (unpaired) electrons. The van der Waals surface area contributed by atoms with E-state index in [1.54, 1.807) is 0 Å². The predicted octanol–water partition coefficient (Wildman–Crippen LogP) is 1.57. The van der Waals surface area contributed by atoms with E-state index in [4.69, 9.17) is 0 Å². The van der Waals surface area contributed by atoms with Crippen LogP contribution in [0.25, 0.3) is 0 Å². The summed E-state index contributed by atoms with van der Waals surface area (Å²) in [4.78, 5) is 0. The van der Waals surface area contributed by atoms with Gasteiger partial charge in [-0.15, -0.1) is 0 Å². The molecule has 0 fully saturated rings. The molecule has 0 aliphatic heterocycles. The van der Waals surface area contributed by atoms with E-state index in [0.717, 1.165) is 0 Å². The van der Waals surface area contributed by atoms with Gasteiger partial charge in [0.2, 0.25) is 0 Å². The molecule has 0 atom stereocenters. The fourth-order valence-corrected chi connectivity index (χ4v) is 0.850. The molecule has 0 aliphatic rings. The predicted molar refractivity (Wildman–Crippen MR) is 13.0 cm³/mol. The summed E-state index contributed by atoms with van der Waals surface area (Å²) < 4.78 is 36.1. The minimum atomic E-state index is -4.37. The molecule has 0 amide bonds. The van der Waals surface area contributed by atoms with Crippen molar-refractivity contribution in [2.75, 3.05) is 0 Å². The van der Waals surface area contributed by atoms with Crippen molar-refractivity contribution in [2.24, 2.45) is 0 Å². The summed E-state index contributed by atoms with van der Waals surface area (Å²) in [7, 11) is 0. The third-order valence-electron chi connectivity index (χ3n) is 0.308. The van der Waals surface area contributed by atoms with Gasteiger partial charge in [-0.25, -0.2) is 0 Å². The first-order valence-corrected chi connectivity index (χ1v) is 5.95. The Balaban J connectivity index is 3.15. The van der Waals surface area contributed by atoms with Gasteiger partial charge >= 0.3 is 46.1 Å². The topological polar surface area (TPSA) is 9.23 Å². The molecular formula is C2H3F3OZn. The van der Waals surface area contributed by atoms with Crippen LogP contribution in [0.15, 0.2) is 0 Å². The molecule has 0 spiro atoms. The van der Waals surface area contributed by atoms with Crippen molar-refractivity contribution in [3.8, 4) is 0 Å². The number of rotatable bonds is 1. The second-order valence-corrected chi connectivity index (χ2v) is 2.70. The molecule has 0 saturated heterocycles. The van der Waals surface area contributed by atoms with E-state index < -0.39 is 23.8 Å². The molecule has 0 aromatic carbocycles. The van der Waals surface area contributed by atoms with E-state index in [0.29, 0.717) is 0 Å². The zero-order chi connectivity index (χ0) is 5.91. The Morgan fingerprint density at radius 2 is 1.86 bits per heavy atom. The van der Waals surface area contributed by atoms with Crippen molar-refractivity contribution in [1.82, 2.24) is 0 Å². The summed E-state index contributed by atoms with van der Waals surface area (Å²) in [6.07, 6.45) is -4.37. The van der Waals surface area contributed by atoms with Gasteiger partial charge in [0.15, 0.2) is 0 Å². The Bertz CT molecular complexity index is 51.4. The number of hydrogen-bond donors (Lipinski definition) is 0. The second kappa shape index (κ2) is 2.62. The Hall–Kier alpha value is 0.373. The molecule has 0 bridgehead atoms. The monoisotopic (exact) mass is 164 g/mol. The van der Waals surface area contributed by atoms with Crippen LogP contribution >= 0.6 is 0 Å². The van der Waals surface area contributed by atoms with Gasteiger partial charge in [-0.3, -0.25) is 0 Å². The molecular weight excluding hydrogens is 162 g/mol. The molecule has 0 N–H and O–H groups in total. The normalized spacial score (nSPS) is 10.9. The number of hydrogen-bond acceptors (Lipinski definition) is 1. The zero-order valence-electron chi connectivity index (χ0n) is 3.75. The molecule has 0 rings (SSSR count). The van der Waals surface area contributed by atoms with Gasteiger partial charge in [-0.05, 0) is 0 Å². The molecule has 1 nitrogen and oxygen atoms in total. The molecule has 0 saturated carbocycles. The third-order valence-corrected chi connectivity index (χ3v) is 1.60. The first kappa shape index (κ1) is 7.37. The van der Waals surface area contributed by atoms with Crippen molar-refractivity contribution >= 4 is 0 Å². The maximum absolute atomic E-state index is 10.9. The second-order valence-electron chi connectivity index (χ2n) is 0.879. The van der Waals surface area contributed by atoms with Crippen LogP contribution in [-0.2, 0) is 21.1 Å². The van der Waals surface area contributed by atoms with Gasteiger partial charge in [-0.1, -0.05) is 0 Å². The van der Waals surface area contributed by atoms with Crippen molar-refractivity contribution in [2.45, 2.75) is 11.9 Å². The van der Waals surface area contributed by atoms with Gasteiger partial charge in [0, 0.05) is 0 Å². The van der Waals surface area contributed by atoms with Crippen LogP contribution in [0, 0.1) is 0 Å². The Morgan fingerprint density at radius 3 is 1.86 bits per heavy atom. The molecule has 0 aromatic heterocycles. The van der Waals surface area contributed by atoms with Crippen LogP contribution in [0.1, 0.15) is 0 Å². The third kappa shape index (κ3) is 6.37. The standard InChI is InChI=1S/CF3O.CH3.Zn/c2-1(3,4)5;;/h;1H3;/q-1;;+1. The summed E-state index contributed by atoms with van der Waals surface area (Å²) in [6, 6.07) is 0. The first-order valence-electron chi connectivity index (χ1n) is 1.77. The maximum atomic E-state index is 10.9. The van der Waals surface area contributed by atoms with Crippen LogP contribution in [0.4, 0.5) is 13.2 Å². The average Bonchev–Trinajstić information content (AvgIpc) is 1.30. The Labute approximate surface area is 46.8 Å².